The molecule has 27 heavy (non-hydrogen) atoms. The first-order chi connectivity index (χ1) is 13.1. The lowest BCUT2D eigenvalue weighted by atomic mass is 9.96. The molecule has 1 atom stereocenters. The Kier molecular flexibility index (Phi) is 6.04. The van der Waals surface area contributed by atoms with Gasteiger partial charge in [0.15, 0.2) is 5.75 Å². The number of halogens is 2. The van der Waals surface area contributed by atoms with Crippen molar-refractivity contribution in [3.8, 4) is 11.5 Å². The van der Waals surface area contributed by atoms with Gasteiger partial charge in [-0.3, -0.25) is 9.78 Å². The number of rotatable bonds is 6. The van der Waals surface area contributed by atoms with E-state index in [4.69, 9.17) is 32.7 Å². The number of fused-ring (bicyclic) bond motifs is 1. The lowest BCUT2D eigenvalue weighted by Gasteiger charge is -2.23. The van der Waals surface area contributed by atoms with E-state index >= 15 is 0 Å². The highest BCUT2D eigenvalue weighted by Gasteiger charge is 2.24. The summed E-state index contributed by atoms with van der Waals surface area (Å²) < 4.78 is 11.0. The van der Waals surface area contributed by atoms with Crippen molar-refractivity contribution in [2.45, 2.75) is 6.04 Å². The summed E-state index contributed by atoms with van der Waals surface area (Å²) in [5.74, 6) is 0.727. The Bertz CT molecular complexity index is 979. The molecule has 0 fully saturated rings. The Morgan fingerprint density at radius 3 is 2.70 bits per heavy atom. The topological polar surface area (TPSA) is 60.5 Å². The molecule has 5 nitrogen and oxygen atoms in total. The Balaban J connectivity index is 2.24. The summed E-state index contributed by atoms with van der Waals surface area (Å²) in [5.41, 5.74) is 2.11. The van der Waals surface area contributed by atoms with Crippen molar-refractivity contribution in [3.05, 3.63) is 64.8 Å². The fourth-order valence-corrected chi connectivity index (χ4v) is 3.33. The number of nitrogens with zero attached hydrogens (tertiary/aromatic N) is 1. The molecule has 0 spiro atoms. The van der Waals surface area contributed by atoms with Crippen LogP contribution in [-0.2, 0) is 4.79 Å². The van der Waals surface area contributed by atoms with Crippen molar-refractivity contribution in [1.82, 2.24) is 10.3 Å². The van der Waals surface area contributed by atoms with Crippen molar-refractivity contribution >= 4 is 40.0 Å². The van der Waals surface area contributed by atoms with Crippen LogP contribution in [0.5, 0.6) is 11.5 Å². The van der Waals surface area contributed by atoms with Crippen LogP contribution in [0.2, 0.25) is 5.02 Å². The molecule has 0 aliphatic carbocycles. The molecule has 1 unspecified atom stereocenters. The SMILES string of the molecule is COc1cccc(C(NC(=O)CCl)c2cc(Cl)c3cccnc3c2OC)c1. The average Bonchev–Trinajstić information content (AvgIpc) is 2.71. The lowest BCUT2D eigenvalue weighted by molar-refractivity contribution is -0.119. The second-order valence-corrected chi connectivity index (χ2v) is 6.47. The Morgan fingerprint density at radius 2 is 2.00 bits per heavy atom. The third kappa shape index (κ3) is 3.94. The average molecular weight is 405 g/mol. The van der Waals surface area contributed by atoms with Gasteiger partial charge in [0.05, 0.1) is 25.3 Å². The fraction of sp³-hybridized carbons (Fsp3) is 0.200. The molecule has 1 heterocycles. The summed E-state index contributed by atoms with van der Waals surface area (Å²) >= 11 is 12.2. The maximum atomic E-state index is 12.1. The summed E-state index contributed by atoms with van der Waals surface area (Å²) in [6.45, 7) is 0. The highest BCUT2D eigenvalue weighted by atomic mass is 35.5. The highest BCUT2D eigenvalue weighted by Crippen LogP contribution is 2.39. The zero-order valence-corrected chi connectivity index (χ0v) is 16.3. The first kappa shape index (κ1) is 19.3. The monoisotopic (exact) mass is 404 g/mol. The largest absolute Gasteiger partial charge is 0.497 e. The van der Waals surface area contributed by atoms with Crippen LogP contribution in [0.15, 0.2) is 48.7 Å². The van der Waals surface area contributed by atoms with Crippen molar-refractivity contribution in [2.75, 3.05) is 20.1 Å². The maximum Gasteiger partial charge on any atom is 0.235 e. The summed E-state index contributed by atoms with van der Waals surface area (Å²) in [4.78, 5) is 16.5. The molecule has 3 aromatic rings. The molecule has 0 saturated carbocycles. The number of alkyl halides is 1. The van der Waals surface area contributed by atoms with Crippen LogP contribution in [0.4, 0.5) is 0 Å². The Morgan fingerprint density at radius 1 is 1.19 bits per heavy atom. The number of pyridine rings is 1. The maximum absolute atomic E-state index is 12.1. The quantitative estimate of drug-likeness (QED) is 0.620. The van der Waals surface area contributed by atoms with Gasteiger partial charge >= 0.3 is 0 Å². The molecule has 1 N–H and O–H groups in total. The molecule has 3 rings (SSSR count). The van der Waals surface area contributed by atoms with Crippen molar-refractivity contribution in [1.29, 1.82) is 0 Å². The predicted octanol–water partition coefficient (Wildman–Crippen LogP) is 4.35. The van der Waals surface area contributed by atoms with E-state index in [9.17, 15) is 4.79 Å². The van der Waals surface area contributed by atoms with Gasteiger partial charge in [0.1, 0.15) is 17.1 Å². The number of hydrogen-bond acceptors (Lipinski definition) is 4. The van der Waals surface area contributed by atoms with E-state index in [1.54, 1.807) is 26.5 Å². The number of hydrogen-bond donors (Lipinski definition) is 1. The second kappa shape index (κ2) is 8.46. The van der Waals surface area contributed by atoms with Gasteiger partial charge < -0.3 is 14.8 Å². The fourth-order valence-electron chi connectivity index (χ4n) is 2.99. The molecular weight excluding hydrogens is 387 g/mol. The van der Waals surface area contributed by atoms with Gasteiger partial charge in [-0.1, -0.05) is 23.7 Å². The number of nitrogens with one attached hydrogen (secondary N) is 1. The Labute approximate surface area is 167 Å². The molecule has 7 heteroatoms. The zero-order valence-electron chi connectivity index (χ0n) is 14.8. The van der Waals surface area contributed by atoms with Gasteiger partial charge in [0.25, 0.3) is 0 Å². The summed E-state index contributed by atoms with van der Waals surface area (Å²) in [6, 6.07) is 12.3. The number of carbonyl (C=O) groups is 1. The smallest absolute Gasteiger partial charge is 0.235 e. The normalized spacial score (nSPS) is 11.9. The molecule has 1 amide bonds. The molecule has 0 radical (unpaired) electrons. The zero-order chi connectivity index (χ0) is 19.4. The van der Waals surface area contributed by atoms with E-state index < -0.39 is 6.04 Å². The number of methoxy groups -OCH3 is 2. The minimum absolute atomic E-state index is 0.164. The third-order valence-electron chi connectivity index (χ3n) is 4.19. The molecule has 140 valence electrons. The van der Waals surface area contributed by atoms with Crippen LogP contribution >= 0.6 is 23.2 Å². The van der Waals surface area contributed by atoms with Gasteiger partial charge in [0, 0.05) is 17.1 Å². The standard InChI is InChI=1S/C20H18Cl2N2O3/c1-26-13-6-3-5-12(9-13)18(24-17(25)11-21)15-10-16(22)14-7-4-8-23-19(14)20(15)27-2/h3-10,18H,11H2,1-2H3,(H,24,25). The predicted molar refractivity (Wildman–Crippen MR) is 107 cm³/mol. The van der Waals surface area contributed by atoms with Gasteiger partial charge in [-0.2, -0.15) is 0 Å². The van der Waals surface area contributed by atoms with Crippen LogP contribution < -0.4 is 14.8 Å². The molecular formula is C20H18Cl2N2O3. The highest BCUT2D eigenvalue weighted by molar-refractivity contribution is 6.35. The van der Waals surface area contributed by atoms with Crippen molar-refractivity contribution in [2.24, 2.45) is 0 Å². The third-order valence-corrected chi connectivity index (χ3v) is 4.75. The molecule has 0 aliphatic heterocycles. The summed E-state index contributed by atoms with van der Waals surface area (Å²) in [6.07, 6.45) is 1.67. The first-order valence-corrected chi connectivity index (χ1v) is 9.10. The minimum atomic E-state index is -0.537. The first-order valence-electron chi connectivity index (χ1n) is 8.19. The van der Waals surface area contributed by atoms with Gasteiger partial charge in [-0.05, 0) is 35.9 Å². The van der Waals surface area contributed by atoms with E-state index in [1.807, 2.05) is 36.4 Å². The van der Waals surface area contributed by atoms with Gasteiger partial charge in [0.2, 0.25) is 5.91 Å². The lowest BCUT2D eigenvalue weighted by Crippen LogP contribution is -2.30. The van der Waals surface area contributed by atoms with Crippen LogP contribution in [0.3, 0.4) is 0 Å². The number of aromatic nitrogens is 1. The molecule has 1 aromatic heterocycles. The molecule has 0 bridgehead atoms. The molecule has 0 saturated heterocycles. The molecule has 0 aliphatic rings. The minimum Gasteiger partial charge on any atom is -0.497 e. The van der Waals surface area contributed by atoms with Crippen molar-refractivity contribution < 1.29 is 14.3 Å². The van der Waals surface area contributed by atoms with Crippen molar-refractivity contribution in [3.63, 3.8) is 0 Å². The van der Waals surface area contributed by atoms with E-state index in [0.29, 0.717) is 27.6 Å². The van der Waals surface area contributed by atoms with E-state index in [1.165, 1.54) is 0 Å². The van der Waals surface area contributed by atoms with Crippen LogP contribution in [-0.4, -0.2) is 31.0 Å². The van der Waals surface area contributed by atoms with E-state index in [-0.39, 0.29) is 11.8 Å². The van der Waals surface area contributed by atoms with Crippen LogP contribution in [0, 0.1) is 0 Å². The van der Waals surface area contributed by atoms with Crippen LogP contribution in [0.1, 0.15) is 17.2 Å². The summed E-state index contributed by atoms with van der Waals surface area (Å²) in [7, 11) is 3.15. The second-order valence-electron chi connectivity index (χ2n) is 5.79. The Hall–Kier alpha value is -2.50. The number of amides is 1. The molecule has 2 aromatic carbocycles. The van der Waals surface area contributed by atoms with E-state index in [2.05, 4.69) is 10.3 Å². The van der Waals surface area contributed by atoms with Gasteiger partial charge in [-0.15, -0.1) is 11.6 Å². The van der Waals surface area contributed by atoms with E-state index in [0.717, 1.165) is 10.9 Å². The number of carbonyl (C=O) groups excluding carboxylic acids is 1. The van der Waals surface area contributed by atoms with Gasteiger partial charge in [-0.25, -0.2) is 0 Å². The van der Waals surface area contributed by atoms with Crippen LogP contribution in [0.25, 0.3) is 10.9 Å². The summed E-state index contributed by atoms with van der Waals surface area (Å²) in [5, 5.41) is 4.21. The number of benzene rings is 2. The number of ether oxygens (including phenoxy) is 2.